The first kappa shape index (κ1) is 19.4. The maximum Gasteiger partial charge on any atom is 0.256 e. The van der Waals surface area contributed by atoms with Crippen LogP contribution < -0.4 is 10.9 Å². The highest BCUT2D eigenvalue weighted by Gasteiger charge is 2.14. The number of nitrogens with one attached hydrogen (secondary N) is 2. The molecule has 0 saturated carbocycles. The highest BCUT2D eigenvalue weighted by atomic mass is 19.1. The largest absolute Gasteiger partial charge is 0.322 e. The molecular weight excluding hydrogens is 383 g/mol. The van der Waals surface area contributed by atoms with E-state index in [1.807, 2.05) is 13.0 Å². The lowest BCUT2D eigenvalue weighted by molar-refractivity contribution is 0.102. The summed E-state index contributed by atoms with van der Waals surface area (Å²) in [5.74, 6) is -0.301. The van der Waals surface area contributed by atoms with Gasteiger partial charge in [-0.05, 0) is 43.7 Å². The van der Waals surface area contributed by atoms with Crippen molar-refractivity contribution in [2.45, 2.75) is 20.3 Å². The van der Waals surface area contributed by atoms with Crippen molar-refractivity contribution in [1.82, 2.24) is 15.0 Å². The van der Waals surface area contributed by atoms with Gasteiger partial charge in [-0.3, -0.25) is 14.6 Å². The van der Waals surface area contributed by atoms with Crippen LogP contribution in [0.1, 0.15) is 28.7 Å². The van der Waals surface area contributed by atoms with E-state index in [9.17, 15) is 14.0 Å². The molecule has 30 heavy (non-hydrogen) atoms. The van der Waals surface area contributed by atoms with Crippen molar-refractivity contribution < 1.29 is 9.18 Å². The third-order valence-electron chi connectivity index (χ3n) is 4.70. The summed E-state index contributed by atoms with van der Waals surface area (Å²) in [7, 11) is 0. The van der Waals surface area contributed by atoms with Gasteiger partial charge in [-0.2, -0.15) is 0 Å². The van der Waals surface area contributed by atoms with Crippen molar-refractivity contribution in [2.24, 2.45) is 0 Å². The van der Waals surface area contributed by atoms with E-state index in [0.29, 0.717) is 51.4 Å². The number of halogens is 1. The second kappa shape index (κ2) is 7.87. The van der Waals surface area contributed by atoms with E-state index in [-0.39, 0.29) is 11.5 Å². The molecule has 7 heteroatoms. The SMILES string of the molecule is CCc1cc(=O)[nH]c(-c2cccc(NC(=O)c3cc(C)nc4cc(F)ccc34)c2)n1. The molecule has 4 aromatic rings. The van der Waals surface area contributed by atoms with Crippen LogP contribution in [0.5, 0.6) is 0 Å². The van der Waals surface area contributed by atoms with Crippen LogP contribution in [0.15, 0.2) is 59.4 Å². The van der Waals surface area contributed by atoms with Gasteiger partial charge >= 0.3 is 0 Å². The second-order valence-electron chi connectivity index (χ2n) is 6.95. The van der Waals surface area contributed by atoms with Crippen LogP contribution in [0.25, 0.3) is 22.3 Å². The molecule has 150 valence electrons. The summed E-state index contributed by atoms with van der Waals surface area (Å²) in [5, 5.41) is 3.43. The minimum Gasteiger partial charge on any atom is -0.322 e. The Morgan fingerprint density at radius 1 is 1.10 bits per heavy atom. The van der Waals surface area contributed by atoms with Crippen LogP contribution in [0, 0.1) is 12.7 Å². The number of H-pyrrole nitrogens is 1. The van der Waals surface area contributed by atoms with Gasteiger partial charge in [0.25, 0.3) is 11.5 Å². The van der Waals surface area contributed by atoms with Gasteiger partial charge in [-0.1, -0.05) is 19.1 Å². The lowest BCUT2D eigenvalue weighted by Crippen LogP contribution is -2.13. The van der Waals surface area contributed by atoms with E-state index in [1.54, 1.807) is 37.3 Å². The third kappa shape index (κ3) is 3.96. The monoisotopic (exact) mass is 402 g/mol. The summed E-state index contributed by atoms with van der Waals surface area (Å²) in [6.45, 7) is 3.68. The van der Waals surface area contributed by atoms with E-state index in [1.165, 1.54) is 18.2 Å². The van der Waals surface area contributed by atoms with Crippen LogP contribution >= 0.6 is 0 Å². The standard InChI is InChI=1S/C23H19FN4O2/c1-3-16-12-21(29)28-22(26-16)14-5-4-6-17(10-14)27-23(30)19-9-13(2)25-20-11-15(24)7-8-18(19)20/h4-12H,3H2,1-2H3,(H,27,30)(H,26,28,29). The average Bonchev–Trinajstić information content (AvgIpc) is 2.72. The molecule has 0 fully saturated rings. The molecule has 0 radical (unpaired) electrons. The van der Waals surface area contributed by atoms with Crippen LogP contribution in [-0.4, -0.2) is 20.9 Å². The smallest absolute Gasteiger partial charge is 0.256 e. The van der Waals surface area contributed by atoms with Gasteiger partial charge in [-0.15, -0.1) is 0 Å². The fourth-order valence-corrected chi connectivity index (χ4v) is 3.29. The first-order chi connectivity index (χ1) is 14.4. The zero-order valence-electron chi connectivity index (χ0n) is 16.5. The first-order valence-corrected chi connectivity index (χ1v) is 9.52. The molecule has 4 rings (SSSR count). The predicted octanol–water partition coefficient (Wildman–Crippen LogP) is 4.25. The summed E-state index contributed by atoms with van der Waals surface area (Å²) < 4.78 is 13.6. The number of anilines is 1. The fraction of sp³-hybridized carbons (Fsp3) is 0.130. The Morgan fingerprint density at radius 2 is 1.93 bits per heavy atom. The van der Waals surface area contributed by atoms with Crippen molar-refractivity contribution in [1.29, 1.82) is 0 Å². The van der Waals surface area contributed by atoms with Crippen LogP contribution in [0.3, 0.4) is 0 Å². The number of fused-ring (bicyclic) bond motifs is 1. The topological polar surface area (TPSA) is 87.7 Å². The number of aromatic nitrogens is 3. The van der Waals surface area contributed by atoms with Crippen molar-refractivity contribution >= 4 is 22.5 Å². The third-order valence-corrected chi connectivity index (χ3v) is 4.70. The molecule has 1 amide bonds. The quantitative estimate of drug-likeness (QED) is 0.534. The van der Waals surface area contributed by atoms with Gasteiger partial charge in [0.1, 0.15) is 11.6 Å². The van der Waals surface area contributed by atoms with Crippen LogP contribution in [0.4, 0.5) is 10.1 Å². The molecule has 0 aliphatic rings. The molecule has 2 aromatic heterocycles. The molecule has 0 bridgehead atoms. The average molecular weight is 402 g/mol. The Balaban J connectivity index is 1.69. The molecule has 2 N–H and O–H groups in total. The fourth-order valence-electron chi connectivity index (χ4n) is 3.29. The summed E-state index contributed by atoms with van der Waals surface area (Å²) in [5.41, 5.74) is 3.14. The molecular formula is C23H19FN4O2. The number of hydrogen-bond acceptors (Lipinski definition) is 4. The highest BCUT2D eigenvalue weighted by molar-refractivity contribution is 6.12. The van der Waals surface area contributed by atoms with Gasteiger partial charge in [0.2, 0.25) is 0 Å². The Labute approximate surface area is 171 Å². The number of aryl methyl sites for hydroxylation is 2. The number of carbonyl (C=O) groups is 1. The van der Waals surface area contributed by atoms with E-state index in [4.69, 9.17) is 0 Å². The van der Waals surface area contributed by atoms with Gasteiger partial charge in [0, 0.05) is 40.2 Å². The number of carbonyl (C=O) groups excluding carboxylic acids is 1. The van der Waals surface area contributed by atoms with Crippen molar-refractivity contribution in [3.05, 3.63) is 87.7 Å². The second-order valence-corrected chi connectivity index (χ2v) is 6.95. The number of amides is 1. The van der Waals surface area contributed by atoms with Crippen LogP contribution in [0.2, 0.25) is 0 Å². The number of nitrogens with zero attached hydrogens (tertiary/aromatic N) is 2. The molecule has 0 aliphatic carbocycles. The minimum atomic E-state index is -0.407. The molecule has 0 atom stereocenters. The number of aromatic amines is 1. The maximum atomic E-state index is 13.6. The maximum absolute atomic E-state index is 13.6. The summed E-state index contributed by atoms with van der Waals surface area (Å²) in [4.78, 5) is 36.3. The number of rotatable bonds is 4. The van der Waals surface area contributed by atoms with E-state index in [2.05, 4.69) is 20.3 Å². The Bertz CT molecular complexity index is 1330. The molecule has 0 aliphatic heterocycles. The van der Waals surface area contributed by atoms with Crippen LogP contribution in [-0.2, 0) is 6.42 Å². The van der Waals surface area contributed by atoms with Gasteiger partial charge in [0.05, 0.1) is 11.1 Å². The van der Waals surface area contributed by atoms with E-state index < -0.39 is 5.82 Å². The number of pyridine rings is 1. The lowest BCUT2D eigenvalue weighted by atomic mass is 10.1. The van der Waals surface area contributed by atoms with E-state index >= 15 is 0 Å². The zero-order valence-corrected chi connectivity index (χ0v) is 16.5. The Hall–Kier alpha value is -3.87. The zero-order chi connectivity index (χ0) is 21.3. The lowest BCUT2D eigenvalue weighted by Gasteiger charge is -2.10. The molecule has 2 aromatic carbocycles. The number of hydrogen-bond donors (Lipinski definition) is 2. The minimum absolute atomic E-state index is 0.225. The van der Waals surface area contributed by atoms with Crippen molar-refractivity contribution in [2.75, 3.05) is 5.32 Å². The summed E-state index contributed by atoms with van der Waals surface area (Å²) >= 11 is 0. The first-order valence-electron chi connectivity index (χ1n) is 9.52. The Morgan fingerprint density at radius 3 is 2.73 bits per heavy atom. The number of benzene rings is 2. The molecule has 6 nitrogen and oxygen atoms in total. The van der Waals surface area contributed by atoms with Crippen molar-refractivity contribution in [3.8, 4) is 11.4 Å². The summed E-state index contributed by atoms with van der Waals surface area (Å²) in [6, 6.07) is 14.4. The molecule has 0 unspecified atom stereocenters. The van der Waals surface area contributed by atoms with Gasteiger partial charge < -0.3 is 10.3 Å². The highest BCUT2D eigenvalue weighted by Crippen LogP contribution is 2.23. The van der Waals surface area contributed by atoms with Gasteiger partial charge in [0.15, 0.2) is 0 Å². The summed E-state index contributed by atoms with van der Waals surface area (Å²) in [6.07, 6.45) is 0.641. The predicted molar refractivity (Wildman–Crippen MR) is 114 cm³/mol. The molecule has 0 saturated heterocycles. The van der Waals surface area contributed by atoms with Gasteiger partial charge in [-0.25, -0.2) is 9.37 Å². The van der Waals surface area contributed by atoms with E-state index in [0.717, 1.165) is 0 Å². The Kier molecular flexibility index (Phi) is 5.10. The molecule has 2 heterocycles. The normalized spacial score (nSPS) is 10.9. The van der Waals surface area contributed by atoms with Crippen molar-refractivity contribution in [3.63, 3.8) is 0 Å². The molecule has 0 spiro atoms.